The number of amides is 1. The average Bonchev–Trinajstić information content (AvgIpc) is 3.34. The van der Waals surface area contributed by atoms with E-state index in [9.17, 15) is 9.18 Å². The van der Waals surface area contributed by atoms with Crippen LogP contribution in [-0.4, -0.2) is 11.1 Å². The molecule has 0 aliphatic rings. The van der Waals surface area contributed by atoms with Gasteiger partial charge in [0.2, 0.25) is 5.88 Å². The van der Waals surface area contributed by atoms with E-state index in [2.05, 4.69) is 10.5 Å². The molecule has 2 heterocycles. The molecule has 0 spiro atoms. The highest BCUT2D eigenvalue weighted by Crippen LogP contribution is 2.32. The second-order valence-corrected chi connectivity index (χ2v) is 6.66. The van der Waals surface area contributed by atoms with E-state index in [0.717, 1.165) is 5.56 Å². The molecular formula is C21H15ClFN3O3. The molecule has 0 fully saturated rings. The zero-order chi connectivity index (χ0) is 20.4. The van der Waals surface area contributed by atoms with Gasteiger partial charge in [0.25, 0.3) is 5.91 Å². The molecule has 0 saturated heterocycles. The molecule has 3 N–H and O–H groups in total. The maximum Gasteiger partial charge on any atom is 0.259 e. The van der Waals surface area contributed by atoms with Crippen LogP contribution in [0, 0.1) is 5.82 Å². The van der Waals surface area contributed by atoms with Crippen molar-refractivity contribution in [2.45, 2.75) is 6.54 Å². The predicted molar refractivity (Wildman–Crippen MR) is 107 cm³/mol. The van der Waals surface area contributed by atoms with Gasteiger partial charge in [-0.1, -0.05) is 47.1 Å². The summed E-state index contributed by atoms with van der Waals surface area (Å²) in [5.74, 6) is -0.281. The van der Waals surface area contributed by atoms with E-state index in [1.54, 1.807) is 48.5 Å². The Bertz CT molecular complexity index is 1190. The molecule has 1 amide bonds. The number of rotatable bonds is 5. The smallest absolute Gasteiger partial charge is 0.259 e. The summed E-state index contributed by atoms with van der Waals surface area (Å²) in [4.78, 5) is 12.7. The van der Waals surface area contributed by atoms with Crippen molar-refractivity contribution in [1.82, 2.24) is 10.5 Å². The molecule has 0 unspecified atom stereocenters. The zero-order valence-corrected chi connectivity index (χ0v) is 15.7. The Balaban J connectivity index is 1.59. The van der Waals surface area contributed by atoms with Crippen LogP contribution in [0.5, 0.6) is 0 Å². The number of benzene rings is 2. The minimum absolute atomic E-state index is 0.0124. The van der Waals surface area contributed by atoms with Crippen molar-refractivity contribution < 1.29 is 18.1 Å². The molecule has 6 nitrogen and oxygen atoms in total. The molecule has 0 atom stereocenters. The monoisotopic (exact) mass is 411 g/mol. The Morgan fingerprint density at radius 3 is 2.69 bits per heavy atom. The number of hydrogen-bond donors (Lipinski definition) is 2. The van der Waals surface area contributed by atoms with E-state index in [4.69, 9.17) is 26.3 Å². The largest absolute Gasteiger partial charge is 0.454 e. The minimum atomic E-state index is -0.553. The number of carbonyl (C=O) groups excluding carboxylic acids is 1. The minimum Gasteiger partial charge on any atom is -0.454 e. The second kappa shape index (κ2) is 7.81. The van der Waals surface area contributed by atoms with Gasteiger partial charge in [-0.05, 0) is 30.3 Å². The molecule has 29 heavy (non-hydrogen) atoms. The number of carbonyl (C=O) groups is 1. The summed E-state index contributed by atoms with van der Waals surface area (Å²) in [5, 5.41) is 7.04. The van der Waals surface area contributed by atoms with E-state index in [1.807, 2.05) is 6.07 Å². The van der Waals surface area contributed by atoms with Gasteiger partial charge >= 0.3 is 0 Å². The lowest BCUT2D eigenvalue weighted by Crippen LogP contribution is -2.24. The molecule has 0 aliphatic heterocycles. The molecular weight excluding hydrogens is 397 g/mol. The molecule has 0 bridgehead atoms. The number of halogens is 2. The number of nitrogens with zero attached hydrogens (tertiary/aromatic N) is 1. The van der Waals surface area contributed by atoms with E-state index in [0.29, 0.717) is 22.1 Å². The van der Waals surface area contributed by atoms with Crippen molar-refractivity contribution in [2.75, 3.05) is 5.73 Å². The predicted octanol–water partition coefficient (Wildman–Crippen LogP) is 4.91. The number of furan rings is 1. The summed E-state index contributed by atoms with van der Waals surface area (Å²) < 4.78 is 24.6. The van der Waals surface area contributed by atoms with Crippen LogP contribution in [0.3, 0.4) is 0 Å². The Morgan fingerprint density at radius 2 is 1.90 bits per heavy atom. The molecule has 0 saturated carbocycles. The van der Waals surface area contributed by atoms with Crippen LogP contribution in [0.1, 0.15) is 15.9 Å². The van der Waals surface area contributed by atoms with Gasteiger partial charge in [0.05, 0.1) is 0 Å². The number of hydrogen-bond acceptors (Lipinski definition) is 5. The van der Waals surface area contributed by atoms with Gasteiger partial charge in [-0.2, -0.15) is 0 Å². The molecule has 146 valence electrons. The van der Waals surface area contributed by atoms with Gasteiger partial charge in [0.15, 0.2) is 11.5 Å². The van der Waals surface area contributed by atoms with Crippen molar-refractivity contribution in [3.8, 4) is 22.8 Å². The lowest BCUT2D eigenvalue weighted by Gasteiger charge is -2.06. The van der Waals surface area contributed by atoms with Crippen molar-refractivity contribution in [1.29, 1.82) is 0 Å². The quantitative estimate of drug-likeness (QED) is 0.486. The normalized spacial score (nSPS) is 10.8. The van der Waals surface area contributed by atoms with Gasteiger partial charge in [0, 0.05) is 22.7 Å². The zero-order valence-electron chi connectivity index (χ0n) is 15.0. The third-order valence-corrected chi connectivity index (χ3v) is 4.53. The summed E-state index contributed by atoms with van der Waals surface area (Å²) in [6, 6.07) is 16.7. The third-order valence-electron chi connectivity index (χ3n) is 4.29. The average molecular weight is 412 g/mol. The van der Waals surface area contributed by atoms with Crippen LogP contribution in [0.4, 0.5) is 10.3 Å². The standard InChI is InChI=1S/C21H15ClFN3O3/c22-14-6-3-5-12(10-14)16-8-9-17(28-16)19-18(20(24)29-26-19)21(27)25-11-13-4-1-2-7-15(13)23/h1-10H,11,24H2,(H,25,27). The fourth-order valence-electron chi connectivity index (χ4n) is 2.86. The van der Waals surface area contributed by atoms with Crippen LogP contribution in [0.2, 0.25) is 5.02 Å². The summed E-state index contributed by atoms with van der Waals surface area (Å²) >= 11 is 6.02. The molecule has 0 radical (unpaired) electrons. The van der Waals surface area contributed by atoms with Crippen molar-refractivity contribution in [3.05, 3.63) is 82.6 Å². The summed E-state index contributed by atoms with van der Waals surface area (Å²) in [6.45, 7) is -0.0124. The topological polar surface area (TPSA) is 94.3 Å². The van der Waals surface area contributed by atoms with E-state index >= 15 is 0 Å². The Hall–Kier alpha value is -3.58. The highest BCUT2D eigenvalue weighted by molar-refractivity contribution is 6.30. The lowest BCUT2D eigenvalue weighted by molar-refractivity contribution is 0.0951. The summed E-state index contributed by atoms with van der Waals surface area (Å²) in [6.07, 6.45) is 0. The number of nitrogens with one attached hydrogen (secondary N) is 1. The second-order valence-electron chi connectivity index (χ2n) is 6.22. The lowest BCUT2D eigenvalue weighted by atomic mass is 10.1. The number of anilines is 1. The first-order valence-corrected chi connectivity index (χ1v) is 9.03. The first-order chi connectivity index (χ1) is 14.0. The van der Waals surface area contributed by atoms with E-state index in [1.165, 1.54) is 6.07 Å². The highest BCUT2D eigenvalue weighted by atomic mass is 35.5. The van der Waals surface area contributed by atoms with Crippen LogP contribution >= 0.6 is 11.6 Å². The van der Waals surface area contributed by atoms with Gasteiger partial charge < -0.3 is 20.0 Å². The van der Waals surface area contributed by atoms with Crippen LogP contribution in [-0.2, 0) is 6.54 Å². The number of nitrogen functional groups attached to an aromatic ring is 1. The Morgan fingerprint density at radius 1 is 1.10 bits per heavy atom. The molecule has 0 aliphatic carbocycles. The Kier molecular flexibility index (Phi) is 5.05. The SMILES string of the molecule is Nc1onc(-c2ccc(-c3cccc(Cl)c3)o2)c1C(=O)NCc1ccccc1F. The van der Waals surface area contributed by atoms with Gasteiger partial charge in [-0.3, -0.25) is 4.79 Å². The third kappa shape index (κ3) is 3.86. The van der Waals surface area contributed by atoms with Crippen molar-refractivity contribution in [2.24, 2.45) is 0 Å². The fraction of sp³-hybridized carbons (Fsp3) is 0.0476. The summed E-state index contributed by atoms with van der Waals surface area (Å²) in [5.41, 5.74) is 7.08. The maximum atomic E-state index is 13.8. The molecule has 2 aromatic carbocycles. The van der Waals surface area contributed by atoms with Crippen molar-refractivity contribution >= 4 is 23.4 Å². The number of nitrogens with two attached hydrogens (primary N) is 1. The summed E-state index contributed by atoms with van der Waals surface area (Å²) in [7, 11) is 0. The fourth-order valence-corrected chi connectivity index (χ4v) is 3.05. The van der Waals surface area contributed by atoms with Gasteiger partial charge in [-0.15, -0.1) is 0 Å². The Labute approximate surface area is 170 Å². The van der Waals surface area contributed by atoms with Crippen LogP contribution in [0.15, 0.2) is 69.6 Å². The van der Waals surface area contributed by atoms with Crippen LogP contribution < -0.4 is 11.1 Å². The molecule has 2 aromatic heterocycles. The van der Waals surface area contributed by atoms with Crippen molar-refractivity contribution in [3.63, 3.8) is 0 Å². The first kappa shape index (κ1) is 18.8. The van der Waals surface area contributed by atoms with E-state index in [-0.39, 0.29) is 23.7 Å². The first-order valence-electron chi connectivity index (χ1n) is 8.66. The van der Waals surface area contributed by atoms with E-state index < -0.39 is 11.7 Å². The molecule has 4 rings (SSSR count). The molecule has 8 heteroatoms. The highest BCUT2D eigenvalue weighted by Gasteiger charge is 2.25. The maximum absolute atomic E-state index is 13.8. The number of aromatic nitrogens is 1. The molecule has 4 aromatic rings. The van der Waals surface area contributed by atoms with Crippen LogP contribution in [0.25, 0.3) is 22.8 Å². The van der Waals surface area contributed by atoms with Gasteiger partial charge in [-0.25, -0.2) is 4.39 Å². The van der Waals surface area contributed by atoms with Gasteiger partial charge in [0.1, 0.15) is 17.1 Å².